The second kappa shape index (κ2) is 7.96. The van der Waals surface area contributed by atoms with Crippen molar-refractivity contribution in [3.05, 3.63) is 133 Å². The van der Waals surface area contributed by atoms with Gasteiger partial charge in [0, 0.05) is 11.3 Å². The summed E-state index contributed by atoms with van der Waals surface area (Å²) in [7, 11) is 0. The molecule has 1 aromatic heterocycles. The fourth-order valence-corrected chi connectivity index (χ4v) is 4.51. The molecule has 0 spiro atoms. The van der Waals surface area contributed by atoms with Crippen LogP contribution in [0.4, 0.5) is 0 Å². The minimum absolute atomic E-state index is 0.0323. The van der Waals surface area contributed by atoms with E-state index in [0.29, 0.717) is 16.7 Å². The number of hydrogen-bond acceptors (Lipinski definition) is 1. The summed E-state index contributed by atoms with van der Waals surface area (Å²) in [5.74, 6) is 0.111. The molecule has 0 aliphatic rings. The number of nitrogens with zero attached hydrogens (tertiary/aromatic N) is 2. The van der Waals surface area contributed by atoms with Gasteiger partial charge >= 0.3 is 0 Å². The molecule has 0 aliphatic heterocycles. The van der Waals surface area contributed by atoms with Gasteiger partial charge in [-0.05, 0) is 56.9 Å². The highest BCUT2D eigenvalue weighted by atomic mass is 15.1. The molecule has 35 heavy (non-hydrogen) atoms. The van der Waals surface area contributed by atoms with Gasteiger partial charge in [-0.3, -0.25) is 4.57 Å². The molecular weight excluding hydrogens is 424 g/mol. The van der Waals surface area contributed by atoms with E-state index >= 15 is 0 Å². The normalized spacial score (nSPS) is 16.6. The van der Waals surface area contributed by atoms with Gasteiger partial charge in [0.05, 0.1) is 28.9 Å². The van der Waals surface area contributed by atoms with Crippen LogP contribution < -0.4 is 0 Å². The third-order valence-corrected chi connectivity index (χ3v) is 5.92. The van der Waals surface area contributed by atoms with Crippen molar-refractivity contribution in [3.8, 4) is 28.2 Å². The zero-order valence-corrected chi connectivity index (χ0v) is 18.1. The Morgan fingerprint density at radius 3 is 1.74 bits per heavy atom. The Balaban J connectivity index is 1.89. The molecular formula is C33H22N2. The van der Waals surface area contributed by atoms with Crippen LogP contribution in [-0.4, -0.2) is 9.55 Å². The maximum absolute atomic E-state index is 9.19. The average molecular weight is 460 g/mol. The average Bonchev–Trinajstić information content (AvgIpc) is 3.48. The minimum Gasteiger partial charge on any atom is -0.292 e. The van der Waals surface area contributed by atoms with Crippen molar-refractivity contribution >= 4 is 32.6 Å². The van der Waals surface area contributed by atoms with E-state index in [1.165, 1.54) is 0 Å². The van der Waals surface area contributed by atoms with Crippen LogP contribution in [0.2, 0.25) is 0 Å². The quantitative estimate of drug-likeness (QED) is 0.242. The fraction of sp³-hybridized carbons (Fsp3) is 0. The molecule has 0 fully saturated rings. The van der Waals surface area contributed by atoms with E-state index in [2.05, 4.69) is 0 Å². The highest BCUT2D eigenvalue weighted by molar-refractivity contribution is 6.21. The van der Waals surface area contributed by atoms with Crippen LogP contribution in [0.3, 0.4) is 0 Å². The standard InChI is InChI=1S/C33H22N2/c1-3-13-23(14-4-1)31-25-17-7-9-19-27(25)32(28-20-10-8-18-26(28)31)33-34-29-21-11-12-22-30(29)35(33)24-15-5-2-6-16-24/h1-22H/i1D,3D,4D,7D,8D,9D,10D,13D,14D,17D,18D,19D,20D. The first-order chi connectivity index (χ1) is 22.8. The maximum atomic E-state index is 9.19. The second-order valence-electron chi connectivity index (χ2n) is 7.85. The van der Waals surface area contributed by atoms with Gasteiger partial charge in [-0.15, -0.1) is 0 Å². The summed E-state index contributed by atoms with van der Waals surface area (Å²) < 4.78 is 115. The van der Waals surface area contributed by atoms with Crippen molar-refractivity contribution in [2.24, 2.45) is 0 Å². The Morgan fingerprint density at radius 2 is 1.09 bits per heavy atom. The van der Waals surface area contributed by atoms with Crippen LogP contribution in [-0.2, 0) is 0 Å². The van der Waals surface area contributed by atoms with E-state index in [9.17, 15) is 2.74 Å². The number of para-hydroxylation sites is 3. The molecule has 0 atom stereocenters. The van der Waals surface area contributed by atoms with Gasteiger partial charge in [0.15, 0.2) is 0 Å². The summed E-state index contributed by atoms with van der Waals surface area (Å²) in [4.78, 5) is 4.88. The van der Waals surface area contributed by atoms with E-state index in [1.807, 2.05) is 6.07 Å². The molecule has 2 nitrogen and oxygen atoms in total. The van der Waals surface area contributed by atoms with Crippen molar-refractivity contribution in [1.29, 1.82) is 0 Å². The molecule has 1 heterocycles. The molecule has 0 amide bonds. The molecule has 0 N–H and O–H groups in total. The van der Waals surface area contributed by atoms with Gasteiger partial charge in [-0.25, -0.2) is 4.98 Å². The predicted molar refractivity (Wildman–Crippen MR) is 147 cm³/mol. The van der Waals surface area contributed by atoms with Crippen molar-refractivity contribution in [1.82, 2.24) is 9.55 Å². The molecule has 0 unspecified atom stereocenters. The Morgan fingerprint density at radius 1 is 0.543 bits per heavy atom. The van der Waals surface area contributed by atoms with Crippen LogP contribution in [0, 0.1) is 0 Å². The summed E-state index contributed by atoms with van der Waals surface area (Å²) in [5.41, 5.74) is 0.885. The lowest BCUT2D eigenvalue weighted by Crippen LogP contribution is -1.99. The molecule has 164 valence electrons. The van der Waals surface area contributed by atoms with Gasteiger partial charge in [0.25, 0.3) is 0 Å². The molecule has 0 radical (unpaired) electrons. The van der Waals surface area contributed by atoms with Gasteiger partial charge < -0.3 is 0 Å². The van der Waals surface area contributed by atoms with Crippen molar-refractivity contribution in [2.45, 2.75) is 0 Å². The Labute approximate surface area is 222 Å². The van der Waals surface area contributed by atoms with Crippen molar-refractivity contribution in [2.75, 3.05) is 0 Å². The maximum Gasteiger partial charge on any atom is 0.146 e. The van der Waals surface area contributed by atoms with E-state index in [-0.39, 0.29) is 38.5 Å². The first-order valence-corrected chi connectivity index (χ1v) is 10.9. The Hall–Kier alpha value is -4.69. The number of rotatable bonds is 3. The predicted octanol–water partition coefficient (Wildman–Crippen LogP) is 8.67. The topological polar surface area (TPSA) is 17.8 Å². The minimum atomic E-state index is -0.719. The van der Waals surface area contributed by atoms with Crippen LogP contribution in [0.15, 0.2) is 133 Å². The van der Waals surface area contributed by atoms with Gasteiger partial charge in [0.1, 0.15) is 5.82 Å². The molecule has 0 saturated carbocycles. The number of aromatic nitrogens is 2. The van der Waals surface area contributed by atoms with E-state index in [0.717, 1.165) is 0 Å². The SMILES string of the molecule is [2H]c1c([2H])c([2H])c(-c2c3c([2H])c([2H])c([2H])c([2H])c3c(-c3nc4ccccc4n3-c3ccccc3)c3c([2H])c([2H])c([2H])c([2H])c23)c([2H])c1[2H]. The lowest BCUT2D eigenvalue weighted by atomic mass is 9.88. The summed E-state index contributed by atoms with van der Waals surface area (Å²) in [6.07, 6.45) is 0. The van der Waals surface area contributed by atoms with E-state index in [1.54, 1.807) is 53.1 Å². The molecule has 7 rings (SSSR count). The molecule has 2 heteroatoms. The third kappa shape index (κ3) is 3.08. The van der Waals surface area contributed by atoms with Crippen LogP contribution in [0.5, 0.6) is 0 Å². The Bertz CT molecular complexity index is 2430. The van der Waals surface area contributed by atoms with Crippen LogP contribution in [0.25, 0.3) is 60.8 Å². The lowest BCUT2D eigenvalue weighted by Gasteiger charge is -2.18. The Kier molecular flexibility index (Phi) is 2.44. The molecule has 0 saturated heterocycles. The van der Waals surface area contributed by atoms with Gasteiger partial charge in [0.2, 0.25) is 0 Å². The monoisotopic (exact) mass is 459 g/mol. The molecule has 0 aliphatic carbocycles. The summed E-state index contributed by atoms with van der Waals surface area (Å²) in [6.45, 7) is 0. The molecule has 6 aromatic carbocycles. The van der Waals surface area contributed by atoms with E-state index in [4.69, 9.17) is 20.1 Å². The smallest absolute Gasteiger partial charge is 0.146 e. The van der Waals surface area contributed by atoms with Crippen LogP contribution >= 0.6 is 0 Å². The molecule has 0 bridgehead atoms. The highest BCUT2D eigenvalue weighted by Crippen LogP contribution is 2.44. The van der Waals surface area contributed by atoms with Crippen molar-refractivity contribution in [3.63, 3.8) is 0 Å². The first kappa shape index (κ1) is 10.7. The van der Waals surface area contributed by atoms with Gasteiger partial charge in [-0.2, -0.15) is 0 Å². The number of hydrogen-bond donors (Lipinski definition) is 0. The third-order valence-electron chi connectivity index (χ3n) is 5.92. The fourth-order valence-electron chi connectivity index (χ4n) is 4.51. The van der Waals surface area contributed by atoms with E-state index < -0.39 is 84.1 Å². The molecule has 7 aromatic rings. The zero-order valence-electron chi connectivity index (χ0n) is 31.1. The number of imidazole rings is 1. The summed E-state index contributed by atoms with van der Waals surface area (Å²) >= 11 is 0. The summed E-state index contributed by atoms with van der Waals surface area (Å²) in [5, 5.41) is -0.932. The summed E-state index contributed by atoms with van der Waals surface area (Å²) in [6, 6.07) is 7.59. The zero-order chi connectivity index (χ0) is 34.5. The number of benzene rings is 6. The van der Waals surface area contributed by atoms with Crippen LogP contribution in [0.1, 0.15) is 17.8 Å². The highest BCUT2D eigenvalue weighted by Gasteiger charge is 2.21. The second-order valence-corrected chi connectivity index (χ2v) is 7.85. The van der Waals surface area contributed by atoms with Crippen molar-refractivity contribution < 1.29 is 17.8 Å². The first-order valence-electron chi connectivity index (χ1n) is 17.4. The number of fused-ring (bicyclic) bond motifs is 3. The largest absolute Gasteiger partial charge is 0.292 e. The van der Waals surface area contributed by atoms with Gasteiger partial charge in [-0.1, -0.05) is 109 Å². The lowest BCUT2D eigenvalue weighted by molar-refractivity contribution is 1.11.